The third-order valence-electron chi connectivity index (χ3n) is 7.17. The van der Waals surface area contributed by atoms with E-state index in [0.29, 0.717) is 16.3 Å². The first-order valence-electron chi connectivity index (χ1n) is 14.8. The lowest BCUT2D eigenvalue weighted by atomic mass is 10.0. The number of hydrogen-bond donors (Lipinski definition) is 1. The van der Waals surface area contributed by atoms with Crippen LogP contribution in [0.2, 0.25) is 5.02 Å². The molecule has 0 aliphatic carbocycles. The van der Waals surface area contributed by atoms with Gasteiger partial charge in [0, 0.05) is 23.5 Å². The molecule has 0 saturated heterocycles. The zero-order valence-corrected chi connectivity index (χ0v) is 27.9. The van der Waals surface area contributed by atoms with Crippen LogP contribution in [0.1, 0.15) is 43.0 Å². The Balaban J connectivity index is 1.84. The summed E-state index contributed by atoms with van der Waals surface area (Å²) in [6.07, 6.45) is 0.216. The molecule has 0 aliphatic rings. The van der Waals surface area contributed by atoms with E-state index in [0.717, 1.165) is 21.0 Å². The maximum atomic E-state index is 14.6. The van der Waals surface area contributed by atoms with E-state index in [1.807, 2.05) is 77.1 Å². The molecule has 1 unspecified atom stereocenters. The molecule has 1 atom stereocenters. The zero-order chi connectivity index (χ0) is 32.8. The molecule has 0 fully saturated rings. The van der Waals surface area contributed by atoms with Crippen molar-refractivity contribution >= 4 is 39.1 Å². The van der Waals surface area contributed by atoms with Gasteiger partial charge in [0.05, 0.1) is 10.6 Å². The number of nitrogens with zero attached hydrogens (tertiary/aromatic N) is 2. The Morgan fingerprint density at radius 3 is 1.96 bits per heavy atom. The summed E-state index contributed by atoms with van der Waals surface area (Å²) in [6, 6.07) is 29.1. The molecule has 1 N–H and O–H groups in total. The van der Waals surface area contributed by atoms with E-state index in [1.54, 1.807) is 48.5 Å². The number of anilines is 1. The van der Waals surface area contributed by atoms with Gasteiger partial charge in [-0.05, 0) is 87.2 Å². The third-order valence-corrected chi connectivity index (χ3v) is 9.33. The Morgan fingerprint density at radius 2 is 1.38 bits per heavy atom. The molecular formula is C36H40ClN3O4S. The smallest absolute Gasteiger partial charge is 0.264 e. The fourth-order valence-electron chi connectivity index (χ4n) is 5.16. The lowest BCUT2D eigenvalue weighted by molar-refractivity contribution is -0.140. The minimum absolute atomic E-state index is 0.000358. The highest BCUT2D eigenvalue weighted by Gasteiger charge is 2.36. The van der Waals surface area contributed by atoms with Crippen molar-refractivity contribution < 1.29 is 18.0 Å². The zero-order valence-electron chi connectivity index (χ0n) is 26.3. The first-order valence-corrected chi connectivity index (χ1v) is 16.6. The highest BCUT2D eigenvalue weighted by molar-refractivity contribution is 7.92. The van der Waals surface area contributed by atoms with Crippen molar-refractivity contribution in [2.75, 3.05) is 10.8 Å². The van der Waals surface area contributed by atoms with E-state index in [2.05, 4.69) is 5.32 Å². The number of sulfonamides is 1. The number of halogens is 1. The number of rotatable bonds is 11. The molecule has 0 spiro atoms. The van der Waals surface area contributed by atoms with Crippen LogP contribution in [0.4, 0.5) is 5.69 Å². The van der Waals surface area contributed by atoms with Crippen LogP contribution >= 0.6 is 11.6 Å². The second-order valence-electron chi connectivity index (χ2n) is 12.2. The molecule has 4 rings (SSSR count). The van der Waals surface area contributed by atoms with Crippen LogP contribution in [-0.2, 0) is 32.6 Å². The van der Waals surface area contributed by atoms with Crippen molar-refractivity contribution in [3.05, 3.63) is 130 Å². The fraction of sp³-hybridized carbons (Fsp3) is 0.278. The standard InChI is InChI=1S/C36H40ClN3O4S/c1-26-20-27(2)22-30(21-26)40(45(43,44)31-17-10-7-11-18-31)25-34(41)39(24-29-16-12-13-19-32(29)37)33(35(42)38-36(3,4)5)23-28-14-8-6-9-15-28/h6-22,33H,23-25H2,1-5H3,(H,38,42). The Morgan fingerprint density at radius 1 is 0.822 bits per heavy atom. The van der Waals surface area contributed by atoms with Crippen LogP contribution in [0, 0.1) is 13.8 Å². The van der Waals surface area contributed by atoms with Crippen molar-refractivity contribution in [2.24, 2.45) is 0 Å². The second kappa shape index (κ2) is 14.3. The van der Waals surface area contributed by atoms with Crippen molar-refractivity contribution in [3.8, 4) is 0 Å². The van der Waals surface area contributed by atoms with Gasteiger partial charge in [-0.3, -0.25) is 13.9 Å². The highest BCUT2D eigenvalue weighted by atomic mass is 35.5. The van der Waals surface area contributed by atoms with E-state index in [4.69, 9.17) is 11.6 Å². The van der Waals surface area contributed by atoms with Crippen LogP contribution < -0.4 is 9.62 Å². The predicted molar refractivity (Wildman–Crippen MR) is 181 cm³/mol. The molecule has 0 aromatic heterocycles. The van der Waals surface area contributed by atoms with Crippen molar-refractivity contribution in [2.45, 2.75) is 64.1 Å². The van der Waals surface area contributed by atoms with Crippen LogP contribution in [0.5, 0.6) is 0 Å². The van der Waals surface area contributed by atoms with Gasteiger partial charge in [0.1, 0.15) is 12.6 Å². The van der Waals surface area contributed by atoms with E-state index in [9.17, 15) is 18.0 Å². The molecule has 7 nitrogen and oxygen atoms in total. The monoisotopic (exact) mass is 645 g/mol. The van der Waals surface area contributed by atoms with Gasteiger partial charge in [-0.25, -0.2) is 8.42 Å². The van der Waals surface area contributed by atoms with Gasteiger partial charge in [-0.2, -0.15) is 0 Å². The highest BCUT2D eigenvalue weighted by Crippen LogP contribution is 2.28. The first kappa shape index (κ1) is 33.7. The van der Waals surface area contributed by atoms with Gasteiger partial charge in [0.25, 0.3) is 10.0 Å². The van der Waals surface area contributed by atoms with Crippen molar-refractivity contribution in [1.29, 1.82) is 0 Å². The molecule has 2 amide bonds. The van der Waals surface area contributed by atoms with Crippen LogP contribution in [-0.4, -0.2) is 43.3 Å². The summed E-state index contributed by atoms with van der Waals surface area (Å²) in [5.41, 5.74) is 2.98. The van der Waals surface area contributed by atoms with Gasteiger partial charge in [-0.1, -0.05) is 84.4 Å². The van der Waals surface area contributed by atoms with Gasteiger partial charge < -0.3 is 10.2 Å². The van der Waals surface area contributed by atoms with Crippen LogP contribution in [0.3, 0.4) is 0 Å². The maximum absolute atomic E-state index is 14.6. The lowest BCUT2D eigenvalue weighted by Crippen LogP contribution is -2.56. The summed E-state index contributed by atoms with van der Waals surface area (Å²) in [5, 5.41) is 3.47. The molecule has 0 aliphatic heterocycles. The van der Waals surface area contributed by atoms with Crippen LogP contribution in [0.15, 0.2) is 108 Å². The second-order valence-corrected chi connectivity index (χ2v) is 14.5. The molecule has 236 valence electrons. The number of hydrogen-bond acceptors (Lipinski definition) is 4. The topological polar surface area (TPSA) is 86.8 Å². The first-order chi connectivity index (χ1) is 21.2. The fourth-order valence-corrected chi connectivity index (χ4v) is 6.77. The molecule has 0 radical (unpaired) electrons. The molecule has 0 saturated carbocycles. The molecule has 0 bridgehead atoms. The molecule has 45 heavy (non-hydrogen) atoms. The van der Waals surface area contributed by atoms with E-state index < -0.39 is 34.1 Å². The summed E-state index contributed by atoms with van der Waals surface area (Å²) in [4.78, 5) is 30.1. The maximum Gasteiger partial charge on any atom is 0.264 e. The molecule has 4 aromatic rings. The largest absolute Gasteiger partial charge is 0.350 e. The van der Waals surface area contributed by atoms with Gasteiger partial charge in [-0.15, -0.1) is 0 Å². The van der Waals surface area contributed by atoms with Crippen LogP contribution in [0.25, 0.3) is 0 Å². The number of nitrogens with one attached hydrogen (secondary N) is 1. The average Bonchev–Trinajstić information content (AvgIpc) is 2.98. The van der Waals surface area contributed by atoms with E-state index in [1.165, 1.54) is 17.0 Å². The molecule has 4 aromatic carbocycles. The Labute approximate surface area is 271 Å². The number of amides is 2. The number of benzene rings is 4. The van der Waals surface area contributed by atoms with Gasteiger partial charge in [0.2, 0.25) is 11.8 Å². The van der Waals surface area contributed by atoms with Crippen molar-refractivity contribution in [1.82, 2.24) is 10.2 Å². The Hall–Kier alpha value is -4.14. The minimum Gasteiger partial charge on any atom is -0.350 e. The van der Waals surface area contributed by atoms with E-state index in [-0.39, 0.29) is 23.8 Å². The SMILES string of the molecule is Cc1cc(C)cc(N(CC(=O)N(Cc2ccccc2Cl)C(Cc2ccccc2)C(=O)NC(C)(C)C)S(=O)(=O)c2ccccc2)c1. The van der Waals surface area contributed by atoms with Gasteiger partial charge >= 0.3 is 0 Å². The summed E-state index contributed by atoms with van der Waals surface area (Å²) in [7, 11) is -4.17. The summed E-state index contributed by atoms with van der Waals surface area (Å²) < 4.78 is 29.5. The number of carbonyl (C=O) groups is 2. The Kier molecular flexibility index (Phi) is 10.7. The van der Waals surface area contributed by atoms with Gasteiger partial charge in [0.15, 0.2) is 0 Å². The van der Waals surface area contributed by atoms with E-state index >= 15 is 0 Å². The quantitative estimate of drug-likeness (QED) is 0.197. The number of aryl methyl sites for hydroxylation is 2. The Bertz CT molecular complexity index is 1720. The third kappa shape index (κ3) is 8.96. The average molecular weight is 646 g/mol. The molecular weight excluding hydrogens is 606 g/mol. The predicted octanol–water partition coefficient (Wildman–Crippen LogP) is 6.71. The molecule has 0 heterocycles. The summed E-state index contributed by atoms with van der Waals surface area (Å²) >= 11 is 6.57. The summed E-state index contributed by atoms with van der Waals surface area (Å²) in [6.45, 7) is 8.85. The molecule has 9 heteroatoms. The lowest BCUT2D eigenvalue weighted by Gasteiger charge is -2.35. The number of carbonyl (C=O) groups excluding carboxylic acids is 2. The van der Waals surface area contributed by atoms with Crippen molar-refractivity contribution in [3.63, 3.8) is 0 Å². The minimum atomic E-state index is -4.17. The normalized spacial score (nSPS) is 12.3. The summed E-state index contributed by atoms with van der Waals surface area (Å²) in [5.74, 6) is -0.894.